The Morgan fingerprint density at radius 3 is 2.93 bits per heavy atom. The third-order valence-corrected chi connectivity index (χ3v) is 3.00. The molecule has 1 N–H and O–H groups in total. The molecule has 0 spiro atoms. The maximum absolute atomic E-state index is 11.7. The fourth-order valence-corrected chi connectivity index (χ4v) is 2.06. The van der Waals surface area contributed by atoms with Gasteiger partial charge in [0, 0.05) is 19.6 Å². The fourth-order valence-electron chi connectivity index (χ4n) is 2.06. The number of piperidine rings is 1. The van der Waals surface area contributed by atoms with Gasteiger partial charge in [-0.1, -0.05) is 26.7 Å². The van der Waals surface area contributed by atoms with Crippen molar-refractivity contribution in [2.24, 2.45) is 5.92 Å². The van der Waals surface area contributed by atoms with Gasteiger partial charge in [0.2, 0.25) is 0 Å². The van der Waals surface area contributed by atoms with Crippen molar-refractivity contribution < 1.29 is 4.79 Å². The minimum absolute atomic E-state index is 0.137. The molecule has 1 unspecified atom stereocenters. The highest BCUT2D eigenvalue weighted by Gasteiger charge is 2.19. The molecule has 1 heterocycles. The maximum atomic E-state index is 11.7. The number of carbonyl (C=O) groups is 1. The van der Waals surface area contributed by atoms with E-state index in [1.165, 1.54) is 19.3 Å². The van der Waals surface area contributed by atoms with Crippen molar-refractivity contribution in [3.63, 3.8) is 0 Å². The molecule has 1 aliphatic heterocycles. The summed E-state index contributed by atoms with van der Waals surface area (Å²) in [5.41, 5.74) is 0. The van der Waals surface area contributed by atoms with E-state index in [2.05, 4.69) is 19.2 Å². The van der Waals surface area contributed by atoms with Crippen LogP contribution >= 0.6 is 0 Å². The average molecular weight is 212 g/mol. The molecule has 3 nitrogen and oxygen atoms in total. The number of amides is 2. The predicted octanol–water partition coefficient (Wildman–Crippen LogP) is 2.62. The Hall–Kier alpha value is -0.730. The van der Waals surface area contributed by atoms with E-state index in [0.29, 0.717) is 5.92 Å². The molecule has 0 radical (unpaired) electrons. The lowest BCUT2D eigenvalue weighted by atomic mass is 10.0. The molecule has 0 bridgehead atoms. The molecule has 88 valence electrons. The Balaban J connectivity index is 2.15. The number of rotatable bonds is 4. The largest absolute Gasteiger partial charge is 0.338 e. The number of likely N-dealkylation sites (tertiary alicyclic amines) is 1. The van der Waals surface area contributed by atoms with Crippen LogP contribution in [0, 0.1) is 5.92 Å². The van der Waals surface area contributed by atoms with E-state index < -0.39 is 0 Å². The van der Waals surface area contributed by atoms with Crippen LogP contribution in [-0.2, 0) is 0 Å². The van der Waals surface area contributed by atoms with E-state index in [4.69, 9.17) is 0 Å². The van der Waals surface area contributed by atoms with Crippen molar-refractivity contribution in [3.8, 4) is 0 Å². The van der Waals surface area contributed by atoms with Crippen LogP contribution in [0.25, 0.3) is 0 Å². The number of urea groups is 1. The smallest absolute Gasteiger partial charge is 0.317 e. The zero-order chi connectivity index (χ0) is 11.1. The van der Waals surface area contributed by atoms with Crippen molar-refractivity contribution in [1.82, 2.24) is 10.2 Å². The summed E-state index contributed by atoms with van der Waals surface area (Å²) in [5.74, 6) is 0.667. The third-order valence-electron chi connectivity index (χ3n) is 3.00. The Bertz CT molecular complexity index is 194. The summed E-state index contributed by atoms with van der Waals surface area (Å²) in [5, 5.41) is 2.99. The molecule has 1 saturated heterocycles. The van der Waals surface area contributed by atoms with Gasteiger partial charge in [0.15, 0.2) is 0 Å². The Morgan fingerprint density at radius 1 is 1.47 bits per heavy atom. The lowest BCUT2D eigenvalue weighted by Gasteiger charge is -2.30. The highest BCUT2D eigenvalue weighted by atomic mass is 16.2. The predicted molar refractivity (Wildman–Crippen MR) is 62.9 cm³/mol. The van der Waals surface area contributed by atoms with Crippen LogP contribution in [0.2, 0.25) is 0 Å². The van der Waals surface area contributed by atoms with Gasteiger partial charge in [0.05, 0.1) is 0 Å². The lowest BCUT2D eigenvalue weighted by Crippen LogP contribution is -2.45. The van der Waals surface area contributed by atoms with Gasteiger partial charge in [-0.3, -0.25) is 0 Å². The molecule has 0 aromatic heterocycles. The molecule has 1 atom stereocenters. The highest BCUT2D eigenvalue weighted by Crippen LogP contribution is 2.15. The van der Waals surface area contributed by atoms with Crippen LogP contribution in [0.3, 0.4) is 0 Å². The van der Waals surface area contributed by atoms with E-state index >= 15 is 0 Å². The molecule has 2 amide bonds. The van der Waals surface area contributed by atoms with Crippen LogP contribution in [-0.4, -0.2) is 30.6 Å². The zero-order valence-corrected chi connectivity index (χ0v) is 10.1. The van der Waals surface area contributed by atoms with Gasteiger partial charge in [0.1, 0.15) is 0 Å². The molecule has 0 aromatic rings. The standard InChI is InChI=1S/C12H24N2O/c1-3-4-5-8-13-12(15)14-9-6-7-11(2)10-14/h11H,3-10H2,1-2H3,(H,13,15). The van der Waals surface area contributed by atoms with E-state index in [1.54, 1.807) is 0 Å². The van der Waals surface area contributed by atoms with Gasteiger partial charge < -0.3 is 10.2 Å². The summed E-state index contributed by atoms with van der Waals surface area (Å²) in [7, 11) is 0. The minimum atomic E-state index is 0.137. The van der Waals surface area contributed by atoms with Crippen LogP contribution in [0.5, 0.6) is 0 Å². The van der Waals surface area contributed by atoms with Gasteiger partial charge in [-0.15, -0.1) is 0 Å². The number of hydrogen-bond donors (Lipinski definition) is 1. The average Bonchev–Trinajstić information content (AvgIpc) is 2.24. The van der Waals surface area contributed by atoms with Crippen LogP contribution < -0.4 is 5.32 Å². The summed E-state index contributed by atoms with van der Waals surface area (Å²) < 4.78 is 0. The summed E-state index contributed by atoms with van der Waals surface area (Å²) >= 11 is 0. The first-order valence-corrected chi connectivity index (χ1v) is 6.26. The molecule has 15 heavy (non-hydrogen) atoms. The molecule has 0 saturated carbocycles. The molecule has 0 aromatic carbocycles. The SMILES string of the molecule is CCCCCNC(=O)N1CCCC(C)C1. The first kappa shape index (κ1) is 12.3. The summed E-state index contributed by atoms with van der Waals surface area (Å²) in [6.07, 6.45) is 5.93. The zero-order valence-electron chi connectivity index (χ0n) is 10.1. The number of nitrogens with one attached hydrogen (secondary N) is 1. The fraction of sp³-hybridized carbons (Fsp3) is 0.917. The Kier molecular flexibility index (Phi) is 5.51. The van der Waals surface area contributed by atoms with E-state index in [1.807, 2.05) is 4.90 Å². The van der Waals surface area contributed by atoms with Gasteiger partial charge in [-0.2, -0.15) is 0 Å². The van der Waals surface area contributed by atoms with Crippen molar-refractivity contribution in [3.05, 3.63) is 0 Å². The van der Waals surface area contributed by atoms with Gasteiger partial charge in [0.25, 0.3) is 0 Å². The summed E-state index contributed by atoms with van der Waals surface area (Å²) in [4.78, 5) is 13.7. The first-order valence-electron chi connectivity index (χ1n) is 6.26. The molecule has 3 heteroatoms. The molecular weight excluding hydrogens is 188 g/mol. The molecular formula is C12H24N2O. The molecule has 0 aliphatic carbocycles. The highest BCUT2D eigenvalue weighted by molar-refractivity contribution is 5.74. The van der Waals surface area contributed by atoms with E-state index in [9.17, 15) is 4.79 Å². The van der Waals surface area contributed by atoms with Crippen molar-refractivity contribution in [2.45, 2.75) is 46.0 Å². The van der Waals surface area contributed by atoms with Crippen molar-refractivity contribution in [1.29, 1.82) is 0 Å². The number of unbranched alkanes of at least 4 members (excludes halogenated alkanes) is 2. The monoisotopic (exact) mass is 212 g/mol. The third kappa shape index (κ3) is 4.54. The second-order valence-electron chi connectivity index (χ2n) is 4.63. The molecule has 1 fully saturated rings. The van der Waals surface area contributed by atoms with Gasteiger partial charge >= 0.3 is 6.03 Å². The topological polar surface area (TPSA) is 32.3 Å². The van der Waals surface area contributed by atoms with E-state index in [0.717, 1.165) is 32.5 Å². The van der Waals surface area contributed by atoms with Gasteiger partial charge in [-0.05, 0) is 25.2 Å². The quantitative estimate of drug-likeness (QED) is 0.714. The molecule has 1 rings (SSSR count). The minimum Gasteiger partial charge on any atom is -0.338 e. The van der Waals surface area contributed by atoms with Crippen molar-refractivity contribution >= 4 is 6.03 Å². The maximum Gasteiger partial charge on any atom is 0.317 e. The normalized spacial score (nSPS) is 21.5. The summed E-state index contributed by atoms with van der Waals surface area (Å²) in [6, 6.07) is 0.137. The Labute approximate surface area is 93.2 Å². The van der Waals surface area contributed by atoms with Gasteiger partial charge in [-0.25, -0.2) is 4.79 Å². The molecule has 1 aliphatic rings. The lowest BCUT2D eigenvalue weighted by molar-refractivity contribution is 0.169. The summed E-state index contributed by atoms with van der Waals surface area (Å²) in [6.45, 7) is 7.09. The number of nitrogens with zero attached hydrogens (tertiary/aromatic N) is 1. The van der Waals surface area contributed by atoms with E-state index in [-0.39, 0.29) is 6.03 Å². The number of carbonyl (C=O) groups excluding carboxylic acids is 1. The second kappa shape index (κ2) is 6.70. The first-order chi connectivity index (χ1) is 7.24. The second-order valence-corrected chi connectivity index (χ2v) is 4.63. The van der Waals surface area contributed by atoms with Crippen LogP contribution in [0.1, 0.15) is 46.0 Å². The Morgan fingerprint density at radius 2 is 2.27 bits per heavy atom. The number of hydrogen-bond acceptors (Lipinski definition) is 1. The van der Waals surface area contributed by atoms with Crippen LogP contribution in [0.4, 0.5) is 4.79 Å². The van der Waals surface area contributed by atoms with Crippen LogP contribution in [0.15, 0.2) is 0 Å². The van der Waals surface area contributed by atoms with Crippen molar-refractivity contribution in [2.75, 3.05) is 19.6 Å².